The molecule has 5 nitrogen and oxygen atoms in total. The normalized spacial score (nSPS) is 25.6. The predicted molar refractivity (Wildman–Crippen MR) is 83.2 cm³/mol. The number of aromatic nitrogens is 3. The van der Waals surface area contributed by atoms with Gasteiger partial charge in [-0.15, -0.1) is 0 Å². The third kappa shape index (κ3) is 2.31. The summed E-state index contributed by atoms with van der Waals surface area (Å²) in [6.07, 6.45) is 2.38. The first-order valence-electron chi connectivity index (χ1n) is 7.83. The average molecular weight is 330 g/mol. The first kappa shape index (κ1) is 15.0. The average Bonchev–Trinajstić information content (AvgIpc) is 2.83. The van der Waals surface area contributed by atoms with Crippen LogP contribution in [0.3, 0.4) is 0 Å². The maximum Gasteiger partial charge on any atom is 0.226 e. The standard InChI is InChI=1S/C17H16F2N4O/c1-8-3-13-15(14(24)4-8)16(10-5-11(18)7-12(19)6-10)23-17(21-13)20-9(2)22-23/h3,5-8,15-16H,4H2,1-2H3,(H,20,21,22)/t8-,15-,16-/m0/s1. The number of allylic oxidation sites excluding steroid dienone is 2. The largest absolute Gasteiger partial charge is 0.328 e. The summed E-state index contributed by atoms with van der Waals surface area (Å²) >= 11 is 0. The van der Waals surface area contributed by atoms with Crippen molar-refractivity contribution in [1.82, 2.24) is 14.8 Å². The molecule has 2 heterocycles. The van der Waals surface area contributed by atoms with Crippen LogP contribution >= 0.6 is 0 Å². The van der Waals surface area contributed by atoms with Crippen LogP contribution < -0.4 is 5.32 Å². The molecule has 4 rings (SSSR count). The molecule has 3 atom stereocenters. The lowest BCUT2D eigenvalue weighted by Gasteiger charge is -2.37. The highest BCUT2D eigenvalue weighted by Crippen LogP contribution is 2.42. The smallest absolute Gasteiger partial charge is 0.226 e. The molecule has 1 aliphatic heterocycles. The second kappa shape index (κ2) is 5.22. The highest BCUT2D eigenvalue weighted by atomic mass is 19.1. The molecule has 1 aromatic heterocycles. The van der Waals surface area contributed by atoms with E-state index in [1.807, 2.05) is 13.0 Å². The third-order valence-electron chi connectivity index (χ3n) is 4.47. The van der Waals surface area contributed by atoms with Crippen LogP contribution in [0.15, 0.2) is 30.0 Å². The minimum absolute atomic E-state index is 0.0287. The molecule has 1 aromatic carbocycles. The second-order valence-corrected chi connectivity index (χ2v) is 6.45. The zero-order chi connectivity index (χ0) is 17.0. The van der Waals surface area contributed by atoms with E-state index < -0.39 is 23.6 Å². The molecule has 124 valence electrons. The number of aryl methyl sites for hydroxylation is 1. The molecule has 0 saturated heterocycles. The summed E-state index contributed by atoms with van der Waals surface area (Å²) in [5, 5.41) is 7.48. The molecular formula is C17H16F2N4O. The number of hydrogen-bond donors (Lipinski definition) is 1. The van der Waals surface area contributed by atoms with Gasteiger partial charge in [-0.1, -0.05) is 13.0 Å². The van der Waals surface area contributed by atoms with E-state index in [2.05, 4.69) is 15.4 Å². The van der Waals surface area contributed by atoms with Gasteiger partial charge in [0.2, 0.25) is 5.95 Å². The van der Waals surface area contributed by atoms with Crippen LogP contribution in [-0.2, 0) is 4.79 Å². The number of rotatable bonds is 1. The molecule has 0 fully saturated rings. The van der Waals surface area contributed by atoms with Gasteiger partial charge >= 0.3 is 0 Å². The first-order chi connectivity index (χ1) is 11.4. The SMILES string of the molecule is Cc1nc2n(n1)[C@@H](c1cc(F)cc(F)c1)[C@@H]1C(=O)C[C@@H](C)C=C1N2. The molecule has 2 aliphatic rings. The van der Waals surface area contributed by atoms with Gasteiger partial charge in [-0.2, -0.15) is 10.1 Å². The van der Waals surface area contributed by atoms with Crippen LogP contribution in [0.25, 0.3) is 0 Å². The quantitative estimate of drug-likeness (QED) is 0.873. The van der Waals surface area contributed by atoms with E-state index >= 15 is 0 Å². The van der Waals surface area contributed by atoms with Crippen LogP contribution in [0.2, 0.25) is 0 Å². The van der Waals surface area contributed by atoms with Crippen molar-refractivity contribution >= 4 is 11.7 Å². The number of carbonyl (C=O) groups excluding carboxylic acids is 1. The zero-order valence-corrected chi connectivity index (χ0v) is 13.3. The first-order valence-corrected chi connectivity index (χ1v) is 7.83. The van der Waals surface area contributed by atoms with Gasteiger partial charge in [0.1, 0.15) is 23.2 Å². The summed E-state index contributed by atoms with van der Waals surface area (Å²) in [4.78, 5) is 17.0. The molecule has 2 aromatic rings. The zero-order valence-electron chi connectivity index (χ0n) is 13.3. The topological polar surface area (TPSA) is 59.8 Å². The molecule has 0 spiro atoms. The van der Waals surface area contributed by atoms with E-state index in [4.69, 9.17) is 0 Å². The maximum absolute atomic E-state index is 13.7. The number of nitrogens with zero attached hydrogens (tertiary/aromatic N) is 3. The molecule has 1 aliphatic carbocycles. The summed E-state index contributed by atoms with van der Waals surface area (Å²) < 4.78 is 29.0. The number of benzene rings is 1. The Bertz CT molecular complexity index is 853. The number of nitrogens with one attached hydrogen (secondary N) is 1. The van der Waals surface area contributed by atoms with E-state index in [0.717, 1.165) is 11.8 Å². The highest BCUT2D eigenvalue weighted by molar-refractivity contribution is 5.87. The van der Waals surface area contributed by atoms with Crippen LogP contribution in [-0.4, -0.2) is 20.5 Å². The number of Topliss-reactive ketones (excluding diaryl/α,β-unsaturated/α-hetero) is 1. The molecule has 0 radical (unpaired) electrons. The lowest BCUT2D eigenvalue weighted by atomic mass is 9.78. The Kier molecular flexibility index (Phi) is 3.26. The van der Waals surface area contributed by atoms with Crippen molar-refractivity contribution < 1.29 is 13.6 Å². The Morgan fingerprint density at radius 3 is 2.67 bits per heavy atom. The molecule has 0 unspecified atom stereocenters. The van der Waals surface area contributed by atoms with Crippen molar-refractivity contribution in [2.45, 2.75) is 26.3 Å². The lowest BCUT2D eigenvalue weighted by molar-refractivity contribution is -0.123. The second-order valence-electron chi connectivity index (χ2n) is 6.45. The van der Waals surface area contributed by atoms with E-state index in [0.29, 0.717) is 23.8 Å². The van der Waals surface area contributed by atoms with Crippen LogP contribution in [0.1, 0.15) is 30.8 Å². The number of ketones is 1. The van der Waals surface area contributed by atoms with Crippen molar-refractivity contribution in [2.24, 2.45) is 11.8 Å². The summed E-state index contributed by atoms with van der Waals surface area (Å²) in [7, 11) is 0. The Morgan fingerprint density at radius 1 is 1.25 bits per heavy atom. The van der Waals surface area contributed by atoms with Gasteiger partial charge in [0.15, 0.2) is 0 Å². The Labute approximate surface area is 137 Å². The predicted octanol–water partition coefficient (Wildman–Crippen LogP) is 2.99. The molecule has 0 saturated carbocycles. The Balaban J connectivity index is 1.94. The fraction of sp³-hybridized carbons (Fsp3) is 0.353. The molecular weight excluding hydrogens is 314 g/mol. The van der Waals surface area contributed by atoms with E-state index in [9.17, 15) is 13.6 Å². The number of carbonyl (C=O) groups is 1. The lowest BCUT2D eigenvalue weighted by Crippen LogP contribution is -2.40. The number of halogens is 2. The minimum atomic E-state index is -0.677. The van der Waals surface area contributed by atoms with Crippen LogP contribution in [0, 0.1) is 30.4 Å². The van der Waals surface area contributed by atoms with Crippen LogP contribution in [0.4, 0.5) is 14.7 Å². The van der Waals surface area contributed by atoms with Gasteiger partial charge in [-0.05, 0) is 30.5 Å². The van der Waals surface area contributed by atoms with E-state index in [1.54, 1.807) is 11.6 Å². The molecule has 7 heteroatoms. The van der Waals surface area contributed by atoms with Gasteiger partial charge in [0, 0.05) is 18.2 Å². The summed E-state index contributed by atoms with van der Waals surface area (Å²) in [5.74, 6) is -0.757. The minimum Gasteiger partial charge on any atom is -0.328 e. The van der Waals surface area contributed by atoms with E-state index in [-0.39, 0.29) is 11.7 Å². The maximum atomic E-state index is 13.7. The number of anilines is 1. The van der Waals surface area contributed by atoms with Crippen molar-refractivity contribution in [3.05, 3.63) is 53.0 Å². The molecule has 0 amide bonds. The van der Waals surface area contributed by atoms with Gasteiger partial charge in [0.25, 0.3) is 0 Å². The van der Waals surface area contributed by atoms with Crippen molar-refractivity contribution in [1.29, 1.82) is 0 Å². The van der Waals surface area contributed by atoms with Crippen molar-refractivity contribution in [3.63, 3.8) is 0 Å². The van der Waals surface area contributed by atoms with Gasteiger partial charge < -0.3 is 5.32 Å². The summed E-state index contributed by atoms with van der Waals surface area (Å²) in [5.41, 5.74) is 1.10. The Hall–Kier alpha value is -2.57. The van der Waals surface area contributed by atoms with Gasteiger partial charge in [-0.3, -0.25) is 4.79 Å². The third-order valence-corrected chi connectivity index (χ3v) is 4.47. The molecule has 24 heavy (non-hydrogen) atoms. The molecule has 0 bridgehead atoms. The van der Waals surface area contributed by atoms with Crippen LogP contribution in [0.5, 0.6) is 0 Å². The van der Waals surface area contributed by atoms with E-state index in [1.165, 1.54) is 12.1 Å². The number of hydrogen-bond acceptors (Lipinski definition) is 4. The monoisotopic (exact) mass is 330 g/mol. The fourth-order valence-corrected chi connectivity index (χ4v) is 3.61. The summed E-state index contributed by atoms with van der Waals surface area (Å²) in [6, 6.07) is 2.71. The number of fused-ring (bicyclic) bond motifs is 2. The van der Waals surface area contributed by atoms with Gasteiger partial charge in [-0.25, -0.2) is 13.5 Å². The summed E-state index contributed by atoms with van der Waals surface area (Å²) in [6.45, 7) is 3.70. The van der Waals surface area contributed by atoms with Crippen molar-refractivity contribution in [2.75, 3.05) is 5.32 Å². The van der Waals surface area contributed by atoms with Gasteiger partial charge in [0.05, 0.1) is 12.0 Å². The Morgan fingerprint density at radius 2 is 1.96 bits per heavy atom. The fourth-order valence-electron chi connectivity index (χ4n) is 3.61. The highest BCUT2D eigenvalue weighted by Gasteiger charge is 2.42. The molecule has 1 N–H and O–H groups in total. The van der Waals surface area contributed by atoms with Crippen molar-refractivity contribution in [3.8, 4) is 0 Å².